The number of ether oxygens (including phenoxy) is 1. The molecule has 0 unspecified atom stereocenters. The number of anilines is 1. The van der Waals surface area contributed by atoms with Crippen LogP contribution in [0.25, 0.3) is 16.9 Å². The first-order valence-corrected chi connectivity index (χ1v) is 10.0. The van der Waals surface area contributed by atoms with E-state index in [1.54, 1.807) is 25.3 Å². The fourth-order valence-corrected chi connectivity index (χ4v) is 3.63. The Balaban J connectivity index is 1.83. The maximum Gasteiger partial charge on any atom is 0.258 e. The van der Waals surface area contributed by atoms with E-state index in [4.69, 9.17) is 21.3 Å². The highest BCUT2D eigenvalue weighted by atomic mass is 79.9. The first-order valence-electron chi connectivity index (χ1n) is 8.86. The molecule has 2 aromatic heterocycles. The summed E-state index contributed by atoms with van der Waals surface area (Å²) in [6, 6.07) is 16.6. The molecule has 146 valence electrons. The van der Waals surface area contributed by atoms with Crippen molar-refractivity contribution in [3.8, 4) is 17.0 Å². The molecule has 1 amide bonds. The van der Waals surface area contributed by atoms with Crippen LogP contribution in [0.4, 0.5) is 5.82 Å². The second kappa shape index (κ2) is 7.89. The summed E-state index contributed by atoms with van der Waals surface area (Å²) in [6.07, 6.45) is 1.89. The van der Waals surface area contributed by atoms with E-state index in [0.29, 0.717) is 22.1 Å². The van der Waals surface area contributed by atoms with Crippen LogP contribution >= 0.6 is 27.5 Å². The van der Waals surface area contributed by atoms with Gasteiger partial charge in [-0.2, -0.15) is 0 Å². The predicted molar refractivity (Wildman–Crippen MR) is 119 cm³/mol. The lowest BCUT2D eigenvalue weighted by Crippen LogP contribution is -2.14. The molecule has 0 atom stereocenters. The fourth-order valence-electron chi connectivity index (χ4n) is 3.06. The molecule has 0 spiro atoms. The Hall–Kier alpha value is -2.83. The van der Waals surface area contributed by atoms with Gasteiger partial charge >= 0.3 is 0 Å². The summed E-state index contributed by atoms with van der Waals surface area (Å²) < 4.78 is 7.87. The number of amides is 1. The first-order chi connectivity index (χ1) is 14.0. The summed E-state index contributed by atoms with van der Waals surface area (Å²) in [6.45, 7) is 2.00. The average molecular weight is 471 g/mol. The Morgan fingerprint density at radius 2 is 1.90 bits per heavy atom. The highest BCUT2D eigenvalue weighted by molar-refractivity contribution is 9.10. The standard InChI is InChI=1S/C22H17BrClN3O2/c1-13-9-10-27-19(11-13)25-20(14-3-6-16(29-2)7-4-14)21(27)26-22(28)17-12-15(23)5-8-18(17)24/h3-12H,1-2H3,(H,26,28). The zero-order valence-corrected chi connectivity index (χ0v) is 18.1. The molecule has 0 aliphatic rings. The number of nitrogens with zero attached hydrogens (tertiary/aromatic N) is 2. The number of nitrogens with one attached hydrogen (secondary N) is 1. The monoisotopic (exact) mass is 469 g/mol. The van der Waals surface area contributed by atoms with E-state index in [2.05, 4.69) is 21.2 Å². The molecule has 0 bridgehead atoms. The van der Waals surface area contributed by atoms with E-state index < -0.39 is 0 Å². The van der Waals surface area contributed by atoms with Gasteiger partial charge in [0.25, 0.3) is 5.91 Å². The van der Waals surface area contributed by atoms with Crippen molar-refractivity contribution >= 4 is 44.9 Å². The molecule has 29 heavy (non-hydrogen) atoms. The van der Waals surface area contributed by atoms with Crippen LogP contribution in [0.1, 0.15) is 15.9 Å². The second-order valence-corrected chi connectivity index (χ2v) is 7.87. The van der Waals surface area contributed by atoms with E-state index in [-0.39, 0.29) is 5.91 Å². The van der Waals surface area contributed by atoms with E-state index in [0.717, 1.165) is 27.0 Å². The van der Waals surface area contributed by atoms with Crippen LogP contribution < -0.4 is 10.1 Å². The number of rotatable bonds is 4. The number of imidazole rings is 1. The largest absolute Gasteiger partial charge is 0.497 e. The van der Waals surface area contributed by atoms with Gasteiger partial charge in [-0.3, -0.25) is 9.20 Å². The molecule has 0 aliphatic heterocycles. The molecule has 0 radical (unpaired) electrons. The number of hydrogen-bond donors (Lipinski definition) is 1. The van der Waals surface area contributed by atoms with Crippen molar-refractivity contribution in [2.75, 3.05) is 12.4 Å². The van der Waals surface area contributed by atoms with Gasteiger partial charge in [0, 0.05) is 16.2 Å². The van der Waals surface area contributed by atoms with E-state index in [1.807, 2.05) is 53.9 Å². The number of halogens is 2. The van der Waals surface area contributed by atoms with Crippen LogP contribution in [-0.2, 0) is 0 Å². The van der Waals surface area contributed by atoms with Crippen molar-refractivity contribution in [1.29, 1.82) is 0 Å². The van der Waals surface area contributed by atoms with Gasteiger partial charge in [-0.05, 0) is 67.1 Å². The number of carbonyl (C=O) groups is 1. The summed E-state index contributed by atoms with van der Waals surface area (Å²) in [4.78, 5) is 17.8. The van der Waals surface area contributed by atoms with Crippen molar-refractivity contribution in [1.82, 2.24) is 9.38 Å². The molecule has 7 heteroatoms. The van der Waals surface area contributed by atoms with Gasteiger partial charge in [0.05, 0.1) is 17.7 Å². The number of fused-ring (bicyclic) bond motifs is 1. The molecule has 0 aliphatic carbocycles. The van der Waals surface area contributed by atoms with Crippen LogP contribution in [0, 0.1) is 6.92 Å². The third kappa shape index (κ3) is 3.86. The van der Waals surface area contributed by atoms with Crippen molar-refractivity contribution < 1.29 is 9.53 Å². The normalized spacial score (nSPS) is 10.9. The van der Waals surface area contributed by atoms with Crippen LogP contribution in [0.15, 0.2) is 65.3 Å². The summed E-state index contributed by atoms with van der Waals surface area (Å²) in [5.41, 5.74) is 3.73. The summed E-state index contributed by atoms with van der Waals surface area (Å²) >= 11 is 9.63. The van der Waals surface area contributed by atoms with Gasteiger partial charge in [0.2, 0.25) is 0 Å². The van der Waals surface area contributed by atoms with Crippen molar-refractivity contribution in [3.63, 3.8) is 0 Å². The first kappa shape index (κ1) is 19.5. The zero-order chi connectivity index (χ0) is 20.5. The number of pyridine rings is 1. The highest BCUT2D eigenvalue weighted by Crippen LogP contribution is 2.31. The quantitative estimate of drug-likeness (QED) is 0.399. The molecule has 2 heterocycles. The Bertz CT molecular complexity index is 1220. The maximum atomic E-state index is 13.0. The minimum absolute atomic E-state index is 0.312. The SMILES string of the molecule is COc1ccc(-c2nc3cc(C)ccn3c2NC(=O)c2cc(Br)ccc2Cl)cc1. The molecule has 5 nitrogen and oxygen atoms in total. The van der Waals surface area contributed by atoms with Gasteiger partial charge in [0.15, 0.2) is 0 Å². The van der Waals surface area contributed by atoms with Crippen molar-refractivity contribution in [2.45, 2.75) is 6.92 Å². The van der Waals surface area contributed by atoms with Crippen LogP contribution in [0.3, 0.4) is 0 Å². The van der Waals surface area contributed by atoms with E-state index in [9.17, 15) is 4.79 Å². The Morgan fingerprint density at radius 3 is 2.62 bits per heavy atom. The second-order valence-electron chi connectivity index (χ2n) is 6.55. The van der Waals surface area contributed by atoms with Gasteiger partial charge < -0.3 is 10.1 Å². The lowest BCUT2D eigenvalue weighted by molar-refractivity contribution is 0.102. The smallest absolute Gasteiger partial charge is 0.258 e. The molecule has 2 aromatic carbocycles. The third-order valence-electron chi connectivity index (χ3n) is 4.55. The maximum absolute atomic E-state index is 13.0. The topological polar surface area (TPSA) is 55.6 Å². The minimum Gasteiger partial charge on any atom is -0.497 e. The van der Waals surface area contributed by atoms with Crippen LogP contribution in [0.2, 0.25) is 5.02 Å². The average Bonchev–Trinajstić information content (AvgIpc) is 3.07. The zero-order valence-electron chi connectivity index (χ0n) is 15.7. The lowest BCUT2D eigenvalue weighted by Gasteiger charge is -2.10. The summed E-state index contributed by atoms with van der Waals surface area (Å²) in [7, 11) is 1.62. The number of methoxy groups -OCH3 is 1. The highest BCUT2D eigenvalue weighted by Gasteiger charge is 2.19. The molecule has 0 fully saturated rings. The van der Waals surface area contributed by atoms with Crippen LogP contribution in [-0.4, -0.2) is 22.4 Å². The van der Waals surface area contributed by atoms with Gasteiger partial charge in [-0.1, -0.05) is 27.5 Å². The Morgan fingerprint density at radius 1 is 1.14 bits per heavy atom. The van der Waals surface area contributed by atoms with Gasteiger partial charge in [-0.15, -0.1) is 0 Å². The Kier molecular flexibility index (Phi) is 5.30. The molecule has 0 saturated heterocycles. The number of aromatic nitrogens is 2. The molecular formula is C22H17BrClN3O2. The number of hydrogen-bond acceptors (Lipinski definition) is 3. The number of benzene rings is 2. The Labute approximate surface area is 181 Å². The fraction of sp³-hybridized carbons (Fsp3) is 0.0909. The molecule has 1 N–H and O–H groups in total. The van der Waals surface area contributed by atoms with Gasteiger partial charge in [-0.25, -0.2) is 4.98 Å². The minimum atomic E-state index is -0.312. The van der Waals surface area contributed by atoms with Crippen LogP contribution in [0.5, 0.6) is 5.75 Å². The van der Waals surface area contributed by atoms with Crippen molar-refractivity contribution in [2.24, 2.45) is 0 Å². The molecule has 4 rings (SSSR count). The summed E-state index contributed by atoms with van der Waals surface area (Å²) in [5.74, 6) is 1.01. The van der Waals surface area contributed by atoms with E-state index in [1.165, 1.54) is 0 Å². The molecular weight excluding hydrogens is 454 g/mol. The third-order valence-corrected chi connectivity index (χ3v) is 5.37. The number of aryl methyl sites for hydroxylation is 1. The number of carbonyl (C=O) groups excluding carboxylic acids is 1. The van der Waals surface area contributed by atoms with Crippen molar-refractivity contribution in [3.05, 3.63) is 81.4 Å². The lowest BCUT2D eigenvalue weighted by atomic mass is 10.1. The predicted octanol–water partition coefficient (Wildman–Crippen LogP) is 5.99. The summed E-state index contributed by atoms with van der Waals surface area (Å²) in [5, 5.41) is 3.37. The van der Waals surface area contributed by atoms with Gasteiger partial charge in [0.1, 0.15) is 22.9 Å². The molecule has 4 aromatic rings. The van der Waals surface area contributed by atoms with E-state index >= 15 is 0 Å². The molecule has 0 saturated carbocycles.